The van der Waals surface area contributed by atoms with Gasteiger partial charge in [-0.1, -0.05) is 25.7 Å². The molecule has 0 spiro atoms. The van der Waals surface area contributed by atoms with E-state index >= 15 is 0 Å². The van der Waals surface area contributed by atoms with Crippen LogP contribution in [0.25, 0.3) is 0 Å². The van der Waals surface area contributed by atoms with E-state index in [2.05, 4.69) is 10.6 Å². The first-order chi connectivity index (χ1) is 9.83. The monoisotopic (exact) mass is 280 g/mol. The van der Waals surface area contributed by atoms with Gasteiger partial charge >= 0.3 is 0 Å². The summed E-state index contributed by atoms with van der Waals surface area (Å²) in [4.78, 5) is 12.3. The fraction of sp³-hybridized carbons (Fsp3) is 0.938. The first-order valence-corrected chi connectivity index (χ1v) is 8.43. The molecule has 20 heavy (non-hydrogen) atoms. The van der Waals surface area contributed by atoms with E-state index in [-0.39, 0.29) is 17.9 Å². The Labute approximate surface area is 122 Å². The molecule has 0 radical (unpaired) electrons. The van der Waals surface area contributed by atoms with E-state index in [0.717, 1.165) is 44.4 Å². The van der Waals surface area contributed by atoms with Crippen LogP contribution < -0.4 is 10.6 Å². The van der Waals surface area contributed by atoms with Gasteiger partial charge < -0.3 is 15.4 Å². The van der Waals surface area contributed by atoms with Crippen molar-refractivity contribution in [3.05, 3.63) is 0 Å². The summed E-state index contributed by atoms with van der Waals surface area (Å²) in [5.41, 5.74) is 0. The van der Waals surface area contributed by atoms with Crippen molar-refractivity contribution in [2.75, 3.05) is 26.2 Å². The highest BCUT2D eigenvalue weighted by Crippen LogP contribution is 2.42. The predicted octanol–water partition coefficient (Wildman–Crippen LogP) is 1.70. The first-order valence-electron chi connectivity index (χ1n) is 8.43. The van der Waals surface area contributed by atoms with Crippen LogP contribution in [0.4, 0.5) is 0 Å². The number of carbonyl (C=O) groups excluding carboxylic acids is 1. The van der Waals surface area contributed by atoms with E-state index in [9.17, 15) is 4.79 Å². The average Bonchev–Trinajstić information content (AvgIpc) is 2.53. The van der Waals surface area contributed by atoms with Gasteiger partial charge in [-0.2, -0.15) is 0 Å². The maximum atomic E-state index is 12.3. The van der Waals surface area contributed by atoms with Crippen LogP contribution in [0.5, 0.6) is 0 Å². The van der Waals surface area contributed by atoms with Crippen LogP contribution in [0, 0.1) is 17.8 Å². The van der Waals surface area contributed by atoms with Gasteiger partial charge in [0.1, 0.15) is 0 Å². The van der Waals surface area contributed by atoms with E-state index in [0.29, 0.717) is 6.54 Å². The van der Waals surface area contributed by atoms with Crippen molar-refractivity contribution in [3.63, 3.8) is 0 Å². The summed E-state index contributed by atoms with van der Waals surface area (Å²) in [5, 5.41) is 6.41. The van der Waals surface area contributed by atoms with Gasteiger partial charge in [-0.25, -0.2) is 0 Å². The quantitative estimate of drug-likeness (QED) is 0.827. The molecule has 114 valence electrons. The molecule has 0 aromatic heterocycles. The van der Waals surface area contributed by atoms with Crippen LogP contribution in [0.15, 0.2) is 0 Å². The summed E-state index contributed by atoms with van der Waals surface area (Å²) in [7, 11) is 0. The molecular formula is C16H28N2O2. The molecule has 2 saturated carbocycles. The lowest BCUT2D eigenvalue weighted by Gasteiger charge is -2.38. The van der Waals surface area contributed by atoms with Crippen LogP contribution in [0.2, 0.25) is 0 Å². The van der Waals surface area contributed by atoms with Gasteiger partial charge in [-0.05, 0) is 31.1 Å². The Balaban J connectivity index is 1.42. The van der Waals surface area contributed by atoms with Gasteiger partial charge in [-0.3, -0.25) is 4.79 Å². The third kappa shape index (κ3) is 3.53. The Bertz CT molecular complexity index is 328. The maximum Gasteiger partial charge on any atom is 0.223 e. The Hall–Kier alpha value is -0.610. The maximum absolute atomic E-state index is 12.3. The molecule has 2 aliphatic carbocycles. The highest BCUT2D eigenvalue weighted by Gasteiger charge is 2.35. The van der Waals surface area contributed by atoms with Gasteiger partial charge in [0, 0.05) is 25.6 Å². The van der Waals surface area contributed by atoms with Gasteiger partial charge in [-0.15, -0.1) is 0 Å². The van der Waals surface area contributed by atoms with E-state index < -0.39 is 0 Å². The molecule has 1 amide bonds. The average molecular weight is 280 g/mol. The molecule has 1 heterocycles. The van der Waals surface area contributed by atoms with Crippen molar-refractivity contribution in [1.82, 2.24) is 10.6 Å². The zero-order valence-electron chi connectivity index (χ0n) is 12.4. The Morgan fingerprint density at radius 3 is 2.80 bits per heavy atom. The van der Waals surface area contributed by atoms with Gasteiger partial charge in [0.15, 0.2) is 0 Å². The third-order valence-corrected chi connectivity index (χ3v) is 5.42. The second kappa shape index (κ2) is 6.90. The van der Waals surface area contributed by atoms with Gasteiger partial charge in [0.25, 0.3) is 0 Å². The van der Waals surface area contributed by atoms with E-state index in [4.69, 9.17) is 4.74 Å². The molecule has 4 unspecified atom stereocenters. The van der Waals surface area contributed by atoms with E-state index in [1.54, 1.807) is 0 Å². The summed E-state index contributed by atoms with van der Waals surface area (Å²) < 4.78 is 5.62. The van der Waals surface area contributed by atoms with Crippen LogP contribution in [0.3, 0.4) is 0 Å². The lowest BCUT2D eigenvalue weighted by atomic mass is 9.67. The van der Waals surface area contributed by atoms with E-state index in [1.807, 2.05) is 0 Å². The molecule has 0 aromatic rings. The molecule has 3 fully saturated rings. The summed E-state index contributed by atoms with van der Waals surface area (Å²) in [6.45, 7) is 3.20. The van der Waals surface area contributed by atoms with Crippen LogP contribution in [-0.2, 0) is 9.53 Å². The van der Waals surface area contributed by atoms with Crippen molar-refractivity contribution >= 4 is 5.91 Å². The zero-order chi connectivity index (χ0) is 13.8. The number of carbonyl (C=O) groups is 1. The lowest BCUT2D eigenvalue weighted by Crippen LogP contribution is -2.47. The number of amides is 1. The molecule has 3 rings (SSSR count). The minimum atomic E-state index is 0.152. The van der Waals surface area contributed by atoms with Gasteiger partial charge in [0.2, 0.25) is 5.91 Å². The molecule has 0 bridgehead atoms. The number of morpholine rings is 1. The molecule has 1 saturated heterocycles. The normalized spacial score (nSPS) is 38.0. The second-order valence-corrected chi connectivity index (χ2v) is 6.76. The summed E-state index contributed by atoms with van der Waals surface area (Å²) in [5.74, 6) is 2.26. The molecule has 1 aliphatic heterocycles. The van der Waals surface area contributed by atoms with Crippen molar-refractivity contribution in [2.24, 2.45) is 17.8 Å². The molecule has 4 nitrogen and oxygen atoms in total. The molecular weight excluding hydrogens is 252 g/mol. The van der Waals surface area contributed by atoms with Crippen molar-refractivity contribution in [1.29, 1.82) is 0 Å². The van der Waals surface area contributed by atoms with E-state index in [1.165, 1.54) is 32.1 Å². The number of nitrogens with one attached hydrogen (secondary N) is 2. The third-order valence-electron chi connectivity index (χ3n) is 5.42. The predicted molar refractivity (Wildman–Crippen MR) is 78.4 cm³/mol. The summed E-state index contributed by atoms with van der Waals surface area (Å²) >= 11 is 0. The highest BCUT2D eigenvalue weighted by molar-refractivity contribution is 5.78. The first kappa shape index (κ1) is 14.3. The second-order valence-electron chi connectivity index (χ2n) is 6.76. The minimum Gasteiger partial charge on any atom is -0.374 e. The Morgan fingerprint density at radius 1 is 1.15 bits per heavy atom. The van der Waals surface area contributed by atoms with Crippen LogP contribution in [0.1, 0.15) is 44.9 Å². The number of fused-ring (bicyclic) bond motifs is 1. The fourth-order valence-corrected chi connectivity index (χ4v) is 4.22. The molecule has 3 aliphatic rings. The van der Waals surface area contributed by atoms with Crippen molar-refractivity contribution in [3.8, 4) is 0 Å². The minimum absolute atomic E-state index is 0.152. The number of ether oxygens (including phenoxy) is 1. The largest absolute Gasteiger partial charge is 0.374 e. The van der Waals surface area contributed by atoms with Gasteiger partial charge in [0.05, 0.1) is 12.7 Å². The van der Waals surface area contributed by atoms with Crippen molar-refractivity contribution in [2.45, 2.75) is 51.0 Å². The summed E-state index contributed by atoms with van der Waals surface area (Å²) in [6, 6.07) is 0. The van der Waals surface area contributed by atoms with Crippen LogP contribution in [-0.4, -0.2) is 38.3 Å². The Kier molecular flexibility index (Phi) is 4.94. The molecule has 2 N–H and O–H groups in total. The fourth-order valence-electron chi connectivity index (χ4n) is 4.22. The Morgan fingerprint density at radius 2 is 2.00 bits per heavy atom. The number of hydrogen-bond acceptors (Lipinski definition) is 3. The standard InChI is InChI=1S/C16H28N2O2/c19-16(18-11-15-10-17-7-8-20-15)14-6-5-12-3-1-2-4-13(12)9-14/h12-15,17H,1-11H2,(H,18,19). The number of hydrogen-bond donors (Lipinski definition) is 2. The highest BCUT2D eigenvalue weighted by atomic mass is 16.5. The summed E-state index contributed by atoms with van der Waals surface area (Å²) in [6.07, 6.45) is 9.17. The molecule has 4 atom stereocenters. The molecule has 4 heteroatoms. The van der Waals surface area contributed by atoms with Crippen LogP contribution >= 0.6 is 0 Å². The number of rotatable bonds is 3. The smallest absolute Gasteiger partial charge is 0.223 e. The topological polar surface area (TPSA) is 50.4 Å². The van der Waals surface area contributed by atoms with Crippen molar-refractivity contribution < 1.29 is 9.53 Å². The molecule has 0 aromatic carbocycles. The zero-order valence-corrected chi connectivity index (χ0v) is 12.4. The lowest BCUT2D eigenvalue weighted by molar-refractivity contribution is -0.128. The SMILES string of the molecule is O=C(NCC1CNCCO1)C1CCC2CCCCC2C1.